The maximum absolute atomic E-state index is 2.50. The van der Waals surface area contributed by atoms with Crippen LogP contribution in [-0.2, 0) is 0 Å². The van der Waals surface area contributed by atoms with Gasteiger partial charge in [0.05, 0.1) is 38.8 Å². The Morgan fingerprint density at radius 1 is 0.273 bits per heavy atom. The number of fused-ring (bicyclic) bond motifs is 11. The highest BCUT2D eigenvalue weighted by Gasteiger charge is 2.21. The lowest BCUT2D eigenvalue weighted by molar-refractivity contribution is 1.17. The third-order valence-electron chi connectivity index (χ3n) is 11.6. The fourth-order valence-corrected chi connectivity index (χ4v) is 9.27. The van der Waals surface area contributed by atoms with Crippen molar-refractivity contribution in [3.05, 3.63) is 200 Å². The Labute approximate surface area is 317 Å². The molecule has 3 heteroatoms. The van der Waals surface area contributed by atoms with Crippen LogP contribution in [0.3, 0.4) is 0 Å². The Balaban J connectivity index is 1.06. The molecule has 256 valence electrons. The monoisotopic (exact) mass is 699 g/mol. The SMILES string of the molecule is c1cc(-c2ccc(-n3c4ccccc4c4ccccc43)cc2)cc(-n2c3ccccc3c3c2ccc2c4ccccc4n(-c4cccc5ccccc45)c23)c1. The Bertz CT molecular complexity index is 3420. The molecule has 9 aromatic carbocycles. The van der Waals surface area contributed by atoms with Crippen LogP contribution in [0.25, 0.3) is 104 Å². The van der Waals surface area contributed by atoms with Crippen molar-refractivity contribution in [2.24, 2.45) is 0 Å². The minimum Gasteiger partial charge on any atom is -0.309 e. The van der Waals surface area contributed by atoms with Gasteiger partial charge in [0.1, 0.15) is 0 Å². The zero-order valence-corrected chi connectivity index (χ0v) is 29.9. The second-order valence-electron chi connectivity index (χ2n) is 14.5. The molecule has 0 aliphatic heterocycles. The van der Waals surface area contributed by atoms with E-state index in [-0.39, 0.29) is 0 Å². The topological polar surface area (TPSA) is 14.8 Å². The van der Waals surface area contributed by atoms with Crippen molar-refractivity contribution < 1.29 is 0 Å². The van der Waals surface area contributed by atoms with E-state index in [1.54, 1.807) is 0 Å². The maximum atomic E-state index is 2.50. The molecule has 0 unspecified atom stereocenters. The van der Waals surface area contributed by atoms with Gasteiger partial charge in [0.15, 0.2) is 0 Å². The predicted octanol–water partition coefficient (Wildman–Crippen LogP) is 13.8. The molecular formula is C52H33N3. The molecule has 3 nitrogen and oxygen atoms in total. The van der Waals surface area contributed by atoms with Crippen LogP contribution in [0.5, 0.6) is 0 Å². The van der Waals surface area contributed by atoms with Crippen molar-refractivity contribution >= 4 is 76.2 Å². The number of hydrogen-bond donors (Lipinski definition) is 0. The summed E-state index contributed by atoms with van der Waals surface area (Å²) in [6.45, 7) is 0. The van der Waals surface area contributed by atoms with Crippen LogP contribution in [0.2, 0.25) is 0 Å². The number of benzene rings is 9. The van der Waals surface area contributed by atoms with E-state index in [1.165, 1.54) is 93.0 Å². The van der Waals surface area contributed by atoms with Crippen LogP contribution in [0.4, 0.5) is 0 Å². The van der Waals surface area contributed by atoms with Gasteiger partial charge in [-0.3, -0.25) is 0 Å². The molecule has 0 aliphatic carbocycles. The average molecular weight is 700 g/mol. The third kappa shape index (κ3) is 4.32. The lowest BCUT2D eigenvalue weighted by Crippen LogP contribution is -1.96. The number of para-hydroxylation sites is 4. The van der Waals surface area contributed by atoms with Gasteiger partial charge in [-0.1, -0.05) is 140 Å². The molecule has 0 aliphatic rings. The molecule has 3 aromatic heterocycles. The summed E-state index contributed by atoms with van der Waals surface area (Å²) in [5.74, 6) is 0. The maximum Gasteiger partial charge on any atom is 0.0641 e. The first-order valence-electron chi connectivity index (χ1n) is 18.9. The largest absolute Gasteiger partial charge is 0.309 e. The normalized spacial score (nSPS) is 12.0. The van der Waals surface area contributed by atoms with Crippen LogP contribution < -0.4 is 0 Å². The molecule has 0 spiro atoms. The van der Waals surface area contributed by atoms with Crippen LogP contribution in [0.15, 0.2) is 200 Å². The molecule has 0 amide bonds. The summed E-state index contributed by atoms with van der Waals surface area (Å²) in [5.41, 5.74) is 13.1. The van der Waals surface area contributed by atoms with Crippen molar-refractivity contribution in [2.75, 3.05) is 0 Å². The number of aromatic nitrogens is 3. The summed E-state index contributed by atoms with van der Waals surface area (Å²) in [5, 5.41) is 10.1. The molecule has 0 fully saturated rings. The van der Waals surface area contributed by atoms with E-state index in [1.807, 2.05) is 0 Å². The van der Waals surface area contributed by atoms with E-state index in [0.29, 0.717) is 0 Å². The van der Waals surface area contributed by atoms with Gasteiger partial charge >= 0.3 is 0 Å². The quantitative estimate of drug-likeness (QED) is 0.174. The third-order valence-corrected chi connectivity index (χ3v) is 11.6. The molecule has 0 saturated carbocycles. The van der Waals surface area contributed by atoms with Gasteiger partial charge in [-0.25, -0.2) is 0 Å². The minimum atomic E-state index is 1.14. The molecule has 0 radical (unpaired) electrons. The van der Waals surface area contributed by atoms with Crippen LogP contribution >= 0.6 is 0 Å². The average Bonchev–Trinajstić information content (AvgIpc) is 3.89. The molecule has 3 heterocycles. The number of nitrogens with zero attached hydrogens (tertiary/aromatic N) is 3. The van der Waals surface area contributed by atoms with E-state index in [9.17, 15) is 0 Å². The second-order valence-corrected chi connectivity index (χ2v) is 14.5. The molecule has 12 rings (SSSR count). The highest BCUT2D eigenvalue weighted by atomic mass is 15.0. The second kappa shape index (κ2) is 11.6. The Morgan fingerprint density at radius 2 is 0.800 bits per heavy atom. The lowest BCUT2D eigenvalue weighted by atomic mass is 10.0. The molecule has 0 bridgehead atoms. The zero-order chi connectivity index (χ0) is 36.0. The van der Waals surface area contributed by atoms with E-state index < -0.39 is 0 Å². The molecule has 55 heavy (non-hydrogen) atoms. The van der Waals surface area contributed by atoms with E-state index in [4.69, 9.17) is 0 Å². The Morgan fingerprint density at radius 3 is 1.51 bits per heavy atom. The Kier molecular flexibility index (Phi) is 6.34. The summed E-state index contributed by atoms with van der Waals surface area (Å²) in [6, 6.07) is 73.1. The van der Waals surface area contributed by atoms with Gasteiger partial charge < -0.3 is 13.7 Å². The highest BCUT2D eigenvalue weighted by Crippen LogP contribution is 2.43. The van der Waals surface area contributed by atoms with Crippen molar-refractivity contribution in [2.45, 2.75) is 0 Å². The summed E-state index contributed by atoms with van der Waals surface area (Å²) in [7, 11) is 0. The van der Waals surface area contributed by atoms with Crippen LogP contribution in [0.1, 0.15) is 0 Å². The summed E-state index contributed by atoms with van der Waals surface area (Å²) in [4.78, 5) is 0. The summed E-state index contributed by atoms with van der Waals surface area (Å²) in [6.07, 6.45) is 0. The first-order chi connectivity index (χ1) is 27.3. The van der Waals surface area contributed by atoms with E-state index in [0.717, 1.165) is 11.4 Å². The van der Waals surface area contributed by atoms with Gasteiger partial charge in [-0.05, 0) is 77.2 Å². The van der Waals surface area contributed by atoms with Gasteiger partial charge in [-0.2, -0.15) is 0 Å². The summed E-state index contributed by atoms with van der Waals surface area (Å²) >= 11 is 0. The number of hydrogen-bond acceptors (Lipinski definition) is 0. The van der Waals surface area contributed by atoms with Gasteiger partial charge in [0.2, 0.25) is 0 Å². The smallest absolute Gasteiger partial charge is 0.0641 e. The Hall–Kier alpha value is -7.36. The number of rotatable bonds is 4. The van der Waals surface area contributed by atoms with E-state index in [2.05, 4.69) is 214 Å². The van der Waals surface area contributed by atoms with Crippen molar-refractivity contribution in [1.82, 2.24) is 13.7 Å². The van der Waals surface area contributed by atoms with Crippen molar-refractivity contribution in [3.8, 4) is 28.2 Å². The van der Waals surface area contributed by atoms with E-state index >= 15 is 0 Å². The molecule has 0 saturated heterocycles. The predicted molar refractivity (Wildman–Crippen MR) is 232 cm³/mol. The first kappa shape index (κ1) is 30.1. The zero-order valence-electron chi connectivity index (χ0n) is 29.9. The fourth-order valence-electron chi connectivity index (χ4n) is 9.27. The molecule has 0 N–H and O–H groups in total. The molecule has 12 aromatic rings. The molecular weight excluding hydrogens is 667 g/mol. The van der Waals surface area contributed by atoms with Crippen LogP contribution in [0, 0.1) is 0 Å². The van der Waals surface area contributed by atoms with Gasteiger partial charge in [0, 0.05) is 49.1 Å². The first-order valence-corrected chi connectivity index (χ1v) is 18.9. The fraction of sp³-hybridized carbons (Fsp3) is 0. The molecule has 0 atom stereocenters. The van der Waals surface area contributed by atoms with Crippen LogP contribution in [-0.4, -0.2) is 13.7 Å². The standard InChI is InChI=1S/C52H33N3/c1-2-17-39-35(13-1)14-12-26-45(39)55-48-24-9-5-20-42(48)43-31-32-50-51(52(43)55)44-21-6-10-25-49(44)54(50)38-16-11-15-36(33-38)34-27-29-37(30-28-34)53-46-22-7-3-18-40(46)41-19-4-8-23-47(41)53/h1-33H. The van der Waals surface area contributed by atoms with Crippen molar-refractivity contribution in [1.29, 1.82) is 0 Å². The van der Waals surface area contributed by atoms with Crippen molar-refractivity contribution in [3.63, 3.8) is 0 Å². The lowest BCUT2D eigenvalue weighted by Gasteiger charge is -2.13. The highest BCUT2D eigenvalue weighted by molar-refractivity contribution is 6.26. The summed E-state index contributed by atoms with van der Waals surface area (Å²) < 4.78 is 7.33. The van der Waals surface area contributed by atoms with Gasteiger partial charge in [-0.15, -0.1) is 0 Å². The van der Waals surface area contributed by atoms with Gasteiger partial charge in [0.25, 0.3) is 0 Å². The minimum absolute atomic E-state index is 1.14.